The molecule has 8 heteroatoms. The van der Waals surface area contributed by atoms with E-state index in [9.17, 15) is 18.6 Å². The molecule has 29 heavy (non-hydrogen) atoms. The monoisotopic (exact) mass is 415 g/mol. The van der Waals surface area contributed by atoms with Crippen LogP contribution in [0.2, 0.25) is 0 Å². The molecule has 154 valence electrons. The van der Waals surface area contributed by atoms with Crippen molar-refractivity contribution in [1.29, 1.82) is 0 Å². The van der Waals surface area contributed by atoms with Gasteiger partial charge >= 0.3 is 0 Å². The lowest BCUT2D eigenvalue weighted by Gasteiger charge is -2.21. The third-order valence-electron chi connectivity index (χ3n) is 4.23. The van der Waals surface area contributed by atoms with Gasteiger partial charge in [-0.15, -0.1) is 0 Å². The van der Waals surface area contributed by atoms with E-state index in [0.717, 1.165) is 5.56 Å². The average molecular weight is 416 g/mol. The summed E-state index contributed by atoms with van der Waals surface area (Å²) in [6.45, 7) is 1.32. The maximum Gasteiger partial charge on any atom is 0.243 e. The first-order valence-corrected chi connectivity index (χ1v) is 10.5. The van der Waals surface area contributed by atoms with Crippen molar-refractivity contribution in [3.63, 3.8) is 0 Å². The minimum Gasteiger partial charge on any atom is -0.368 e. The molecule has 0 saturated heterocycles. The maximum absolute atomic E-state index is 12.7. The molecule has 3 amide bonds. The van der Waals surface area contributed by atoms with Crippen LogP contribution in [0.3, 0.4) is 0 Å². The largest absolute Gasteiger partial charge is 0.368 e. The first kappa shape index (κ1) is 22.3. The molecule has 0 heterocycles. The Bertz CT molecular complexity index is 859. The van der Waals surface area contributed by atoms with Crippen LogP contribution in [-0.4, -0.2) is 39.8 Å². The molecule has 0 saturated carbocycles. The Morgan fingerprint density at radius 1 is 0.931 bits per heavy atom. The topological polar surface area (TPSA) is 118 Å². The highest BCUT2D eigenvalue weighted by Gasteiger charge is 2.25. The van der Waals surface area contributed by atoms with Crippen molar-refractivity contribution in [2.24, 2.45) is 5.73 Å². The molecule has 0 fully saturated rings. The second-order valence-corrected chi connectivity index (χ2v) is 8.13. The van der Waals surface area contributed by atoms with Gasteiger partial charge in [0.15, 0.2) is 0 Å². The minimum absolute atomic E-state index is 0.126. The van der Waals surface area contributed by atoms with Crippen molar-refractivity contribution < 1.29 is 18.6 Å². The summed E-state index contributed by atoms with van der Waals surface area (Å²) in [6.07, 6.45) is 0.397. The van der Waals surface area contributed by atoms with Crippen LogP contribution in [0.25, 0.3) is 0 Å². The van der Waals surface area contributed by atoms with Crippen molar-refractivity contribution in [2.45, 2.75) is 36.7 Å². The molecule has 0 unspecified atom stereocenters. The molecule has 0 bridgehead atoms. The van der Waals surface area contributed by atoms with Crippen LogP contribution < -0.4 is 16.4 Å². The Hall–Kier alpha value is -3.00. The molecular weight excluding hydrogens is 390 g/mol. The van der Waals surface area contributed by atoms with E-state index in [2.05, 4.69) is 10.6 Å². The second kappa shape index (κ2) is 11.1. The Morgan fingerprint density at radius 3 is 2.07 bits per heavy atom. The zero-order valence-corrected chi connectivity index (χ0v) is 17.0. The molecule has 2 rings (SSSR count). The van der Waals surface area contributed by atoms with E-state index in [4.69, 9.17) is 5.73 Å². The molecule has 0 radical (unpaired) electrons. The third kappa shape index (κ3) is 7.50. The number of primary amides is 1. The maximum atomic E-state index is 12.7. The van der Waals surface area contributed by atoms with Gasteiger partial charge < -0.3 is 16.4 Å². The highest BCUT2D eigenvalue weighted by Crippen LogP contribution is 2.09. The molecule has 0 spiro atoms. The summed E-state index contributed by atoms with van der Waals surface area (Å²) in [5.41, 5.74) is 6.29. The Labute approximate surface area is 172 Å². The lowest BCUT2D eigenvalue weighted by atomic mass is 10.0. The molecular formula is C21H25N3O4S. The van der Waals surface area contributed by atoms with Crippen LogP contribution in [0.4, 0.5) is 0 Å². The van der Waals surface area contributed by atoms with Gasteiger partial charge in [-0.05, 0) is 24.1 Å². The van der Waals surface area contributed by atoms with Gasteiger partial charge in [0.05, 0.1) is 10.8 Å². The normalized spacial score (nSPS) is 13.7. The van der Waals surface area contributed by atoms with Gasteiger partial charge in [-0.3, -0.25) is 18.6 Å². The van der Waals surface area contributed by atoms with Crippen molar-refractivity contribution >= 4 is 28.5 Å². The molecule has 0 aliphatic heterocycles. The number of carbonyl (C=O) groups excluding carboxylic acids is 3. The van der Waals surface area contributed by atoms with Crippen LogP contribution in [-0.2, 0) is 31.6 Å². The van der Waals surface area contributed by atoms with Gasteiger partial charge in [-0.2, -0.15) is 0 Å². The molecule has 2 aromatic rings. The molecule has 7 nitrogen and oxygen atoms in total. The number of carbonyl (C=O) groups is 3. The number of hydrogen-bond donors (Lipinski definition) is 3. The first-order chi connectivity index (χ1) is 13.9. The molecule has 3 atom stereocenters. The number of nitrogens with two attached hydrogens (primary N) is 1. The van der Waals surface area contributed by atoms with E-state index in [0.29, 0.717) is 4.90 Å². The standard InChI is InChI=1S/C21H25N3O4S/c1-15(25)23-19(14-16-8-4-2-5-9-16)21(27)24-18(20(22)26)12-13-29(28)17-10-6-3-7-11-17/h2-11,18-19H,12-14H2,1H3,(H2,22,26)(H,23,25)(H,24,27)/t18-,19-,29-/m0/s1. The second-order valence-electron chi connectivity index (χ2n) is 6.56. The van der Waals surface area contributed by atoms with E-state index in [1.807, 2.05) is 36.4 Å². The van der Waals surface area contributed by atoms with Gasteiger partial charge in [0.1, 0.15) is 12.1 Å². The van der Waals surface area contributed by atoms with E-state index in [1.165, 1.54) is 6.92 Å². The molecule has 0 aliphatic rings. The highest BCUT2D eigenvalue weighted by atomic mass is 32.2. The van der Waals surface area contributed by atoms with E-state index >= 15 is 0 Å². The van der Waals surface area contributed by atoms with Gasteiger partial charge in [-0.25, -0.2) is 0 Å². The van der Waals surface area contributed by atoms with E-state index in [-0.39, 0.29) is 24.5 Å². The number of rotatable bonds is 10. The summed E-state index contributed by atoms with van der Waals surface area (Å²) in [5, 5.41) is 5.19. The zero-order chi connectivity index (χ0) is 21.2. The van der Waals surface area contributed by atoms with Crippen LogP contribution in [0.15, 0.2) is 65.6 Å². The minimum atomic E-state index is -1.32. The average Bonchev–Trinajstić information content (AvgIpc) is 2.71. The fourth-order valence-electron chi connectivity index (χ4n) is 2.78. The lowest BCUT2D eigenvalue weighted by Crippen LogP contribution is -2.53. The quantitative estimate of drug-likeness (QED) is 0.534. The molecule has 2 aromatic carbocycles. The first-order valence-electron chi connectivity index (χ1n) is 9.21. The van der Waals surface area contributed by atoms with Gasteiger partial charge in [0.25, 0.3) is 0 Å². The Kier molecular flexibility index (Phi) is 8.54. The molecule has 0 aromatic heterocycles. The van der Waals surface area contributed by atoms with Gasteiger partial charge in [0, 0.05) is 24.0 Å². The summed E-state index contributed by atoms with van der Waals surface area (Å²) in [6, 6.07) is 16.2. The number of nitrogens with one attached hydrogen (secondary N) is 2. The van der Waals surface area contributed by atoms with Crippen molar-refractivity contribution in [3.8, 4) is 0 Å². The van der Waals surface area contributed by atoms with Crippen LogP contribution in [0.1, 0.15) is 18.9 Å². The van der Waals surface area contributed by atoms with Gasteiger partial charge in [-0.1, -0.05) is 48.5 Å². The summed E-state index contributed by atoms with van der Waals surface area (Å²) in [5.74, 6) is -1.42. The predicted molar refractivity (Wildman–Crippen MR) is 111 cm³/mol. The SMILES string of the molecule is CC(=O)N[C@@H](Cc1ccccc1)C(=O)N[C@@H](CC[S@](=O)c1ccccc1)C(N)=O. The van der Waals surface area contributed by atoms with Crippen LogP contribution in [0.5, 0.6) is 0 Å². The fraction of sp³-hybridized carbons (Fsp3) is 0.286. The smallest absolute Gasteiger partial charge is 0.243 e. The predicted octanol–water partition coefficient (Wildman–Crippen LogP) is 0.902. The summed E-state index contributed by atoms with van der Waals surface area (Å²) < 4.78 is 12.4. The summed E-state index contributed by atoms with van der Waals surface area (Å²) >= 11 is 0. The van der Waals surface area contributed by atoms with Crippen LogP contribution >= 0.6 is 0 Å². The van der Waals surface area contributed by atoms with E-state index < -0.39 is 34.7 Å². The lowest BCUT2D eigenvalue weighted by molar-refractivity contribution is -0.130. The number of benzene rings is 2. The zero-order valence-electron chi connectivity index (χ0n) is 16.2. The number of hydrogen-bond acceptors (Lipinski definition) is 4. The fourth-order valence-corrected chi connectivity index (χ4v) is 3.92. The van der Waals surface area contributed by atoms with E-state index in [1.54, 1.807) is 24.3 Å². The Morgan fingerprint density at radius 2 is 1.52 bits per heavy atom. The van der Waals surface area contributed by atoms with Crippen molar-refractivity contribution in [2.75, 3.05) is 5.75 Å². The third-order valence-corrected chi connectivity index (χ3v) is 5.64. The number of amides is 3. The van der Waals surface area contributed by atoms with Crippen LogP contribution in [0, 0.1) is 0 Å². The summed E-state index contributed by atoms with van der Waals surface area (Å²) in [4.78, 5) is 36.7. The highest BCUT2D eigenvalue weighted by molar-refractivity contribution is 7.85. The molecule has 4 N–H and O–H groups in total. The van der Waals surface area contributed by atoms with Crippen molar-refractivity contribution in [1.82, 2.24) is 10.6 Å². The van der Waals surface area contributed by atoms with Crippen molar-refractivity contribution in [3.05, 3.63) is 66.2 Å². The summed E-state index contributed by atoms with van der Waals surface area (Å²) in [7, 11) is -1.32. The molecule has 0 aliphatic carbocycles. The van der Waals surface area contributed by atoms with Gasteiger partial charge in [0.2, 0.25) is 17.7 Å². The Balaban J connectivity index is 2.02.